The fourth-order valence-corrected chi connectivity index (χ4v) is 2.92. The number of hydrogen-bond donors (Lipinski definition) is 2. The van der Waals surface area contributed by atoms with Gasteiger partial charge in [0.1, 0.15) is 11.6 Å². The van der Waals surface area contributed by atoms with E-state index in [1.165, 1.54) is 11.1 Å². The van der Waals surface area contributed by atoms with Crippen molar-refractivity contribution < 1.29 is 9.53 Å². The summed E-state index contributed by atoms with van der Waals surface area (Å²) in [5.74, 6) is 1.27. The van der Waals surface area contributed by atoms with Crippen LogP contribution in [0.25, 0.3) is 0 Å². The molecule has 0 atom stereocenters. The number of hydrogen-bond acceptors (Lipinski definition) is 4. The number of aromatic nitrogens is 1. The van der Waals surface area contributed by atoms with E-state index in [-0.39, 0.29) is 5.91 Å². The molecule has 0 unspecified atom stereocenters. The molecule has 1 aromatic heterocycles. The van der Waals surface area contributed by atoms with Crippen molar-refractivity contribution >= 4 is 17.4 Å². The van der Waals surface area contributed by atoms with E-state index in [1.54, 1.807) is 25.4 Å². The molecular formula is C22H23N3O2. The molecule has 27 heavy (non-hydrogen) atoms. The highest BCUT2D eigenvalue weighted by molar-refractivity contribution is 5.94. The molecule has 2 aromatic carbocycles. The van der Waals surface area contributed by atoms with E-state index in [4.69, 9.17) is 4.74 Å². The van der Waals surface area contributed by atoms with Crippen molar-refractivity contribution in [3.05, 3.63) is 83.0 Å². The summed E-state index contributed by atoms with van der Waals surface area (Å²) in [6, 6.07) is 17.4. The van der Waals surface area contributed by atoms with Gasteiger partial charge in [0, 0.05) is 24.0 Å². The molecule has 0 bridgehead atoms. The molecule has 0 radical (unpaired) electrons. The van der Waals surface area contributed by atoms with Crippen LogP contribution in [0.2, 0.25) is 0 Å². The van der Waals surface area contributed by atoms with Crippen LogP contribution in [0.15, 0.2) is 60.8 Å². The van der Waals surface area contributed by atoms with Crippen LogP contribution in [0.1, 0.15) is 27.0 Å². The molecule has 0 fully saturated rings. The summed E-state index contributed by atoms with van der Waals surface area (Å²) >= 11 is 0. The first-order valence-electron chi connectivity index (χ1n) is 8.76. The van der Waals surface area contributed by atoms with Crippen LogP contribution < -0.4 is 15.4 Å². The van der Waals surface area contributed by atoms with Crippen molar-refractivity contribution in [2.45, 2.75) is 20.4 Å². The van der Waals surface area contributed by atoms with Crippen molar-refractivity contribution in [3.63, 3.8) is 0 Å². The van der Waals surface area contributed by atoms with Crippen LogP contribution in [0.4, 0.5) is 11.5 Å². The molecule has 5 nitrogen and oxygen atoms in total. The standard InChI is InChI=1S/C22H23N3O2/c1-15-10-16(2)12-19(11-15)25-21-9-8-18(14-23-21)22(26)24-13-17-6-4-5-7-20(17)27-3/h4-12,14H,13H2,1-3H3,(H,23,25)(H,24,26). The van der Waals surface area contributed by atoms with Crippen molar-refractivity contribution in [3.8, 4) is 5.75 Å². The SMILES string of the molecule is COc1ccccc1CNC(=O)c1ccc(Nc2cc(C)cc(C)c2)nc1. The Morgan fingerprint density at radius 1 is 1.04 bits per heavy atom. The average Bonchev–Trinajstić information content (AvgIpc) is 2.66. The van der Waals surface area contributed by atoms with Crippen molar-refractivity contribution in [2.75, 3.05) is 12.4 Å². The van der Waals surface area contributed by atoms with E-state index in [1.807, 2.05) is 24.3 Å². The first-order chi connectivity index (χ1) is 13.0. The van der Waals surface area contributed by atoms with Crippen molar-refractivity contribution in [1.29, 1.82) is 0 Å². The van der Waals surface area contributed by atoms with Crippen LogP contribution in [-0.4, -0.2) is 18.0 Å². The zero-order valence-corrected chi connectivity index (χ0v) is 15.7. The summed E-state index contributed by atoms with van der Waals surface area (Å²) in [5.41, 5.74) is 4.79. The normalized spacial score (nSPS) is 10.3. The van der Waals surface area contributed by atoms with Gasteiger partial charge in [-0.3, -0.25) is 4.79 Å². The Kier molecular flexibility index (Phi) is 5.71. The van der Waals surface area contributed by atoms with E-state index in [0.717, 1.165) is 17.0 Å². The predicted molar refractivity (Wildman–Crippen MR) is 108 cm³/mol. The van der Waals surface area contributed by atoms with Gasteiger partial charge in [-0.15, -0.1) is 0 Å². The summed E-state index contributed by atoms with van der Waals surface area (Å²) < 4.78 is 5.30. The molecule has 1 heterocycles. The Bertz CT molecular complexity index is 916. The number of methoxy groups -OCH3 is 1. The van der Waals surface area contributed by atoms with Crippen molar-refractivity contribution in [2.24, 2.45) is 0 Å². The molecule has 0 spiro atoms. The number of amides is 1. The molecular weight excluding hydrogens is 338 g/mol. The van der Waals surface area contributed by atoms with Gasteiger partial charge in [-0.2, -0.15) is 0 Å². The van der Waals surface area contributed by atoms with Gasteiger partial charge in [0.2, 0.25) is 0 Å². The summed E-state index contributed by atoms with van der Waals surface area (Å²) in [6.07, 6.45) is 1.57. The average molecular weight is 361 g/mol. The first-order valence-corrected chi connectivity index (χ1v) is 8.76. The number of pyridine rings is 1. The quantitative estimate of drug-likeness (QED) is 0.684. The van der Waals surface area contributed by atoms with Gasteiger partial charge in [-0.25, -0.2) is 4.98 Å². The lowest BCUT2D eigenvalue weighted by Crippen LogP contribution is -2.23. The van der Waals surface area contributed by atoms with Gasteiger partial charge in [-0.05, 0) is 55.3 Å². The second-order valence-electron chi connectivity index (χ2n) is 6.43. The predicted octanol–water partition coefficient (Wildman–Crippen LogP) is 4.38. The zero-order valence-electron chi connectivity index (χ0n) is 15.7. The summed E-state index contributed by atoms with van der Waals surface area (Å²) in [6.45, 7) is 4.51. The maximum Gasteiger partial charge on any atom is 0.253 e. The molecule has 2 N–H and O–H groups in total. The van der Waals surface area contributed by atoms with Crippen LogP contribution in [0, 0.1) is 13.8 Å². The Labute approximate surface area is 159 Å². The van der Waals surface area contributed by atoms with Gasteiger partial charge >= 0.3 is 0 Å². The van der Waals surface area contributed by atoms with E-state index < -0.39 is 0 Å². The van der Waals surface area contributed by atoms with Crippen molar-refractivity contribution in [1.82, 2.24) is 10.3 Å². The third-order valence-corrected chi connectivity index (χ3v) is 4.15. The molecule has 1 amide bonds. The highest BCUT2D eigenvalue weighted by Gasteiger charge is 2.08. The second kappa shape index (κ2) is 8.36. The minimum absolute atomic E-state index is 0.175. The third-order valence-electron chi connectivity index (χ3n) is 4.15. The second-order valence-corrected chi connectivity index (χ2v) is 6.43. The highest BCUT2D eigenvalue weighted by Crippen LogP contribution is 2.19. The molecule has 0 saturated carbocycles. The van der Waals surface area contributed by atoms with Gasteiger partial charge in [0.15, 0.2) is 0 Å². The molecule has 3 aromatic rings. The minimum atomic E-state index is -0.175. The van der Waals surface area contributed by atoms with Crippen LogP contribution in [0.3, 0.4) is 0 Å². The Morgan fingerprint density at radius 2 is 1.78 bits per heavy atom. The highest BCUT2D eigenvalue weighted by atomic mass is 16.5. The molecule has 3 rings (SSSR count). The third kappa shape index (κ3) is 4.85. The maximum absolute atomic E-state index is 12.4. The number of anilines is 2. The summed E-state index contributed by atoms with van der Waals surface area (Å²) in [7, 11) is 1.62. The lowest BCUT2D eigenvalue weighted by atomic mass is 10.1. The lowest BCUT2D eigenvalue weighted by molar-refractivity contribution is 0.0950. The number of benzene rings is 2. The Balaban J connectivity index is 1.63. The van der Waals surface area contributed by atoms with Gasteiger partial charge in [-0.1, -0.05) is 24.3 Å². The fraction of sp³-hybridized carbons (Fsp3) is 0.182. The van der Waals surface area contributed by atoms with Gasteiger partial charge in [0.25, 0.3) is 5.91 Å². The molecule has 0 aliphatic rings. The molecule has 5 heteroatoms. The van der Waals surface area contributed by atoms with Gasteiger partial charge < -0.3 is 15.4 Å². The van der Waals surface area contributed by atoms with Crippen LogP contribution >= 0.6 is 0 Å². The zero-order chi connectivity index (χ0) is 19.2. The molecule has 0 aliphatic heterocycles. The smallest absolute Gasteiger partial charge is 0.253 e. The van der Waals surface area contributed by atoms with Crippen LogP contribution in [-0.2, 0) is 6.54 Å². The summed E-state index contributed by atoms with van der Waals surface area (Å²) in [5, 5.41) is 6.16. The monoisotopic (exact) mass is 361 g/mol. The molecule has 0 saturated heterocycles. The number of carbonyl (C=O) groups is 1. The van der Waals surface area contributed by atoms with E-state index in [9.17, 15) is 4.79 Å². The largest absolute Gasteiger partial charge is 0.496 e. The number of nitrogens with zero attached hydrogens (tertiary/aromatic N) is 1. The number of carbonyl (C=O) groups excluding carboxylic acids is 1. The number of nitrogens with one attached hydrogen (secondary N) is 2. The fourth-order valence-electron chi connectivity index (χ4n) is 2.92. The van der Waals surface area contributed by atoms with Gasteiger partial charge in [0.05, 0.1) is 12.7 Å². The number of rotatable bonds is 6. The Hall–Kier alpha value is -3.34. The number of para-hydroxylation sites is 1. The number of aryl methyl sites for hydroxylation is 2. The first kappa shape index (κ1) is 18.5. The molecule has 0 aliphatic carbocycles. The topological polar surface area (TPSA) is 63.2 Å². The van der Waals surface area contributed by atoms with E-state index in [0.29, 0.717) is 17.9 Å². The lowest BCUT2D eigenvalue weighted by Gasteiger charge is -2.10. The van der Waals surface area contributed by atoms with E-state index in [2.05, 4.69) is 47.7 Å². The van der Waals surface area contributed by atoms with Crippen LogP contribution in [0.5, 0.6) is 5.75 Å². The van der Waals surface area contributed by atoms with E-state index >= 15 is 0 Å². The maximum atomic E-state index is 12.4. The Morgan fingerprint density at radius 3 is 2.44 bits per heavy atom. The molecule has 138 valence electrons. The summed E-state index contributed by atoms with van der Waals surface area (Å²) in [4.78, 5) is 16.7. The minimum Gasteiger partial charge on any atom is -0.496 e. The number of ether oxygens (including phenoxy) is 1.